The fourth-order valence-electron chi connectivity index (χ4n) is 1.83. The molecule has 1 unspecified atom stereocenters. The van der Waals surface area contributed by atoms with Gasteiger partial charge >= 0.3 is 0 Å². The van der Waals surface area contributed by atoms with Crippen LogP contribution in [0.5, 0.6) is 0 Å². The number of rotatable bonds is 4. The summed E-state index contributed by atoms with van der Waals surface area (Å²) < 4.78 is 0. The lowest BCUT2D eigenvalue weighted by Crippen LogP contribution is -2.24. The van der Waals surface area contributed by atoms with Crippen molar-refractivity contribution >= 4 is 22.9 Å². The minimum absolute atomic E-state index is 0.208. The number of hydrogen-bond donors (Lipinski definition) is 1. The van der Waals surface area contributed by atoms with Crippen molar-refractivity contribution in [3.05, 3.63) is 51.4 Å². The SMILES string of the molecule is Clc1ccc(C(NC2CC2)c2nccs2)cc1. The minimum atomic E-state index is 0.208. The van der Waals surface area contributed by atoms with Gasteiger partial charge in [0.15, 0.2) is 0 Å². The van der Waals surface area contributed by atoms with E-state index >= 15 is 0 Å². The summed E-state index contributed by atoms with van der Waals surface area (Å²) in [5, 5.41) is 7.55. The van der Waals surface area contributed by atoms with E-state index in [4.69, 9.17) is 11.6 Å². The third-order valence-electron chi connectivity index (χ3n) is 2.88. The average molecular weight is 265 g/mol. The first-order valence-electron chi connectivity index (χ1n) is 5.74. The van der Waals surface area contributed by atoms with Crippen molar-refractivity contribution in [3.8, 4) is 0 Å². The Bertz CT molecular complexity index is 477. The van der Waals surface area contributed by atoms with Crippen LogP contribution in [0, 0.1) is 0 Å². The summed E-state index contributed by atoms with van der Waals surface area (Å²) in [4.78, 5) is 4.42. The second-order valence-electron chi connectivity index (χ2n) is 4.30. The molecule has 0 radical (unpaired) electrons. The highest BCUT2D eigenvalue weighted by Crippen LogP contribution is 2.30. The molecule has 0 amide bonds. The normalized spacial score (nSPS) is 17.0. The van der Waals surface area contributed by atoms with Crippen molar-refractivity contribution in [1.29, 1.82) is 0 Å². The second-order valence-corrected chi connectivity index (χ2v) is 5.66. The summed E-state index contributed by atoms with van der Waals surface area (Å²) in [7, 11) is 0. The lowest BCUT2D eigenvalue weighted by molar-refractivity contribution is 0.598. The first kappa shape index (κ1) is 11.2. The average Bonchev–Trinajstić information content (AvgIpc) is 3.00. The van der Waals surface area contributed by atoms with Gasteiger partial charge in [0.25, 0.3) is 0 Å². The van der Waals surface area contributed by atoms with Gasteiger partial charge in [-0.3, -0.25) is 0 Å². The van der Waals surface area contributed by atoms with E-state index in [0.717, 1.165) is 10.0 Å². The standard InChI is InChI=1S/C13H13ClN2S/c14-10-3-1-9(2-4-10)12(16-11-5-6-11)13-15-7-8-17-13/h1-4,7-8,11-12,16H,5-6H2. The molecule has 1 fully saturated rings. The molecule has 0 saturated heterocycles. The molecule has 1 aliphatic rings. The van der Waals surface area contributed by atoms with E-state index in [1.54, 1.807) is 11.3 Å². The van der Waals surface area contributed by atoms with Crippen molar-refractivity contribution in [1.82, 2.24) is 10.3 Å². The smallest absolute Gasteiger partial charge is 0.114 e. The number of halogens is 1. The number of aromatic nitrogens is 1. The van der Waals surface area contributed by atoms with Crippen LogP contribution in [-0.2, 0) is 0 Å². The van der Waals surface area contributed by atoms with Crippen LogP contribution in [0.15, 0.2) is 35.8 Å². The molecule has 2 aromatic rings. The summed E-state index contributed by atoms with van der Waals surface area (Å²) >= 11 is 7.62. The quantitative estimate of drug-likeness (QED) is 0.912. The molecule has 1 atom stereocenters. The van der Waals surface area contributed by atoms with Crippen LogP contribution in [-0.4, -0.2) is 11.0 Å². The van der Waals surface area contributed by atoms with Crippen molar-refractivity contribution in [3.63, 3.8) is 0 Å². The summed E-state index contributed by atoms with van der Waals surface area (Å²) in [6, 6.07) is 8.88. The Labute approximate surface area is 110 Å². The monoisotopic (exact) mass is 264 g/mol. The summed E-state index contributed by atoms with van der Waals surface area (Å²) in [5.41, 5.74) is 1.23. The molecule has 1 heterocycles. The molecule has 0 spiro atoms. The highest BCUT2D eigenvalue weighted by atomic mass is 35.5. The van der Waals surface area contributed by atoms with Gasteiger partial charge in [-0.2, -0.15) is 0 Å². The molecule has 88 valence electrons. The lowest BCUT2D eigenvalue weighted by atomic mass is 10.1. The van der Waals surface area contributed by atoms with Crippen LogP contribution < -0.4 is 5.32 Å². The molecule has 0 bridgehead atoms. The highest BCUT2D eigenvalue weighted by molar-refractivity contribution is 7.09. The lowest BCUT2D eigenvalue weighted by Gasteiger charge is -2.16. The molecule has 1 saturated carbocycles. The molecule has 2 nitrogen and oxygen atoms in total. The molecule has 1 N–H and O–H groups in total. The number of nitrogens with zero attached hydrogens (tertiary/aromatic N) is 1. The van der Waals surface area contributed by atoms with E-state index in [1.165, 1.54) is 18.4 Å². The van der Waals surface area contributed by atoms with Crippen LogP contribution >= 0.6 is 22.9 Å². The van der Waals surface area contributed by atoms with Gasteiger partial charge in [0.05, 0.1) is 6.04 Å². The maximum Gasteiger partial charge on any atom is 0.114 e. The molecule has 3 rings (SSSR count). The number of nitrogens with one attached hydrogen (secondary N) is 1. The third-order valence-corrected chi connectivity index (χ3v) is 3.97. The fraction of sp³-hybridized carbons (Fsp3) is 0.308. The van der Waals surface area contributed by atoms with Crippen molar-refractivity contribution in [2.45, 2.75) is 24.9 Å². The van der Waals surface area contributed by atoms with E-state index in [-0.39, 0.29) is 6.04 Å². The molecule has 0 aliphatic heterocycles. The number of thiazole rings is 1. The van der Waals surface area contributed by atoms with Gasteiger partial charge in [0.2, 0.25) is 0 Å². The largest absolute Gasteiger partial charge is 0.301 e. The van der Waals surface area contributed by atoms with E-state index < -0.39 is 0 Å². The molecule has 1 aromatic heterocycles. The van der Waals surface area contributed by atoms with Gasteiger partial charge in [-0.25, -0.2) is 4.98 Å². The zero-order valence-electron chi connectivity index (χ0n) is 9.27. The minimum Gasteiger partial charge on any atom is -0.301 e. The Morgan fingerprint density at radius 2 is 2.06 bits per heavy atom. The van der Waals surface area contributed by atoms with Crippen LogP contribution in [0.4, 0.5) is 0 Å². The highest BCUT2D eigenvalue weighted by Gasteiger charge is 2.27. The van der Waals surface area contributed by atoms with Gasteiger partial charge in [-0.1, -0.05) is 23.7 Å². The van der Waals surface area contributed by atoms with Gasteiger partial charge < -0.3 is 5.32 Å². The predicted molar refractivity (Wildman–Crippen MR) is 71.6 cm³/mol. The first-order chi connectivity index (χ1) is 8.33. The first-order valence-corrected chi connectivity index (χ1v) is 6.99. The second kappa shape index (κ2) is 4.77. The Hall–Kier alpha value is -0.900. The van der Waals surface area contributed by atoms with Gasteiger partial charge in [0.1, 0.15) is 5.01 Å². The van der Waals surface area contributed by atoms with E-state index in [9.17, 15) is 0 Å². The Kier molecular flexibility index (Phi) is 3.14. The van der Waals surface area contributed by atoms with Crippen molar-refractivity contribution in [2.24, 2.45) is 0 Å². The molecule has 17 heavy (non-hydrogen) atoms. The molecular weight excluding hydrogens is 252 g/mol. The number of benzene rings is 1. The van der Waals surface area contributed by atoms with Crippen LogP contribution in [0.1, 0.15) is 29.5 Å². The Balaban J connectivity index is 1.89. The van der Waals surface area contributed by atoms with Gasteiger partial charge in [-0.15, -0.1) is 11.3 Å². The molecule has 1 aliphatic carbocycles. The maximum absolute atomic E-state index is 5.93. The van der Waals surface area contributed by atoms with Crippen molar-refractivity contribution < 1.29 is 0 Å². The predicted octanol–water partition coefficient (Wildman–Crippen LogP) is 3.64. The van der Waals surface area contributed by atoms with Crippen LogP contribution in [0.25, 0.3) is 0 Å². The van der Waals surface area contributed by atoms with Gasteiger partial charge in [0, 0.05) is 22.6 Å². The van der Waals surface area contributed by atoms with Gasteiger partial charge in [-0.05, 0) is 30.5 Å². The summed E-state index contributed by atoms with van der Waals surface area (Å²) in [6.07, 6.45) is 4.41. The molecular formula is C13H13ClN2S. The van der Waals surface area contributed by atoms with Crippen LogP contribution in [0.2, 0.25) is 5.02 Å². The third kappa shape index (κ3) is 2.68. The number of hydrogen-bond acceptors (Lipinski definition) is 3. The molecule has 1 aromatic carbocycles. The van der Waals surface area contributed by atoms with E-state index in [2.05, 4.69) is 22.4 Å². The zero-order chi connectivity index (χ0) is 11.7. The Morgan fingerprint density at radius 1 is 1.29 bits per heavy atom. The fourth-order valence-corrected chi connectivity index (χ4v) is 2.68. The van der Waals surface area contributed by atoms with E-state index in [1.807, 2.05) is 23.7 Å². The Morgan fingerprint density at radius 3 is 2.65 bits per heavy atom. The van der Waals surface area contributed by atoms with Crippen molar-refractivity contribution in [2.75, 3.05) is 0 Å². The molecule has 4 heteroatoms. The maximum atomic E-state index is 5.93. The topological polar surface area (TPSA) is 24.9 Å². The summed E-state index contributed by atoms with van der Waals surface area (Å²) in [5.74, 6) is 0. The van der Waals surface area contributed by atoms with E-state index in [0.29, 0.717) is 6.04 Å². The zero-order valence-corrected chi connectivity index (χ0v) is 10.8. The summed E-state index contributed by atoms with van der Waals surface area (Å²) in [6.45, 7) is 0. The van der Waals surface area contributed by atoms with Crippen LogP contribution in [0.3, 0.4) is 0 Å².